The van der Waals surface area contributed by atoms with Gasteiger partial charge in [0.1, 0.15) is 5.75 Å². The summed E-state index contributed by atoms with van der Waals surface area (Å²) in [5, 5.41) is 0. The van der Waals surface area contributed by atoms with Crippen LogP contribution < -0.4 is 4.74 Å². The van der Waals surface area contributed by atoms with E-state index in [-0.39, 0.29) is 0 Å². The van der Waals surface area contributed by atoms with Crippen molar-refractivity contribution in [1.82, 2.24) is 9.97 Å². The quantitative estimate of drug-likeness (QED) is 0.763. The second-order valence-corrected chi connectivity index (χ2v) is 4.56. The zero-order valence-electron chi connectivity index (χ0n) is 11.1. The Morgan fingerprint density at radius 3 is 2.45 bits per heavy atom. The highest BCUT2D eigenvalue weighted by atomic mass is 16.5. The number of hydrogen-bond acceptors (Lipinski definition) is 2. The Morgan fingerprint density at radius 2 is 1.75 bits per heavy atom. The van der Waals surface area contributed by atoms with Crippen LogP contribution in [0.2, 0.25) is 0 Å². The van der Waals surface area contributed by atoms with Gasteiger partial charge in [0.15, 0.2) is 0 Å². The number of benzene rings is 2. The lowest BCUT2D eigenvalue weighted by molar-refractivity contribution is 0.322. The van der Waals surface area contributed by atoms with Gasteiger partial charge in [0, 0.05) is 18.2 Å². The Morgan fingerprint density at radius 1 is 0.950 bits per heavy atom. The molecule has 0 bridgehead atoms. The van der Waals surface area contributed by atoms with Gasteiger partial charge in [-0.3, -0.25) is 0 Å². The average molecular weight is 264 g/mol. The Kier molecular flexibility index (Phi) is 3.78. The topological polar surface area (TPSA) is 37.9 Å². The third-order valence-electron chi connectivity index (χ3n) is 3.15. The number of nitrogens with one attached hydrogen (secondary N) is 1. The fraction of sp³-hybridized carbons (Fsp3) is 0.118. The van der Waals surface area contributed by atoms with E-state index in [4.69, 9.17) is 4.74 Å². The minimum Gasteiger partial charge on any atom is -0.493 e. The zero-order chi connectivity index (χ0) is 13.6. The van der Waals surface area contributed by atoms with Gasteiger partial charge in [0.2, 0.25) is 0 Å². The van der Waals surface area contributed by atoms with E-state index < -0.39 is 0 Å². The van der Waals surface area contributed by atoms with Gasteiger partial charge in [0.05, 0.1) is 18.6 Å². The molecule has 0 fully saturated rings. The van der Waals surface area contributed by atoms with E-state index in [2.05, 4.69) is 22.1 Å². The van der Waals surface area contributed by atoms with E-state index in [9.17, 15) is 0 Å². The summed E-state index contributed by atoms with van der Waals surface area (Å²) in [4.78, 5) is 7.17. The summed E-state index contributed by atoms with van der Waals surface area (Å²) in [6, 6.07) is 18.4. The molecule has 0 unspecified atom stereocenters. The monoisotopic (exact) mass is 264 g/mol. The number of rotatable bonds is 5. The number of H-pyrrole nitrogens is 1. The van der Waals surface area contributed by atoms with E-state index in [1.807, 2.05) is 48.7 Å². The molecule has 20 heavy (non-hydrogen) atoms. The highest BCUT2D eigenvalue weighted by Gasteiger charge is 2.00. The van der Waals surface area contributed by atoms with Crippen molar-refractivity contribution in [2.45, 2.75) is 6.42 Å². The first kappa shape index (κ1) is 12.5. The molecule has 0 aliphatic carbocycles. The van der Waals surface area contributed by atoms with Gasteiger partial charge in [-0.15, -0.1) is 0 Å². The number of hydrogen-bond donors (Lipinski definition) is 1. The Balaban J connectivity index is 1.56. The van der Waals surface area contributed by atoms with Crippen molar-refractivity contribution in [2.24, 2.45) is 0 Å². The van der Waals surface area contributed by atoms with Crippen molar-refractivity contribution in [3.63, 3.8) is 0 Å². The third kappa shape index (κ3) is 3.06. The summed E-state index contributed by atoms with van der Waals surface area (Å²) >= 11 is 0. The summed E-state index contributed by atoms with van der Waals surface area (Å²) < 4.78 is 5.75. The molecular formula is C17H16N2O. The van der Waals surface area contributed by atoms with Gasteiger partial charge in [-0.1, -0.05) is 30.3 Å². The second-order valence-electron chi connectivity index (χ2n) is 4.56. The van der Waals surface area contributed by atoms with Crippen LogP contribution in [0.15, 0.2) is 67.1 Å². The van der Waals surface area contributed by atoms with Gasteiger partial charge < -0.3 is 9.72 Å². The molecule has 0 saturated heterocycles. The summed E-state index contributed by atoms with van der Waals surface area (Å²) in [6.45, 7) is 0.686. The molecule has 2 aromatic carbocycles. The van der Waals surface area contributed by atoms with Crippen molar-refractivity contribution in [3.8, 4) is 17.0 Å². The number of imidazole rings is 1. The van der Waals surface area contributed by atoms with Crippen molar-refractivity contribution >= 4 is 0 Å². The first-order valence-corrected chi connectivity index (χ1v) is 6.68. The van der Waals surface area contributed by atoms with Crippen molar-refractivity contribution in [1.29, 1.82) is 0 Å². The van der Waals surface area contributed by atoms with Gasteiger partial charge in [-0.05, 0) is 29.8 Å². The van der Waals surface area contributed by atoms with Crippen LogP contribution in [0, 0.1) is 0 Å². The van der Waals surface area contributed by atoms with E-state index in [1.54, 1.807) is 6.33 Å². The number of aromatic nitrogens is 2. The molecule has 0 saturated carbocycles. The minimum absolute atomic E-state index is 0.686. The fourth-order valence-corrected chi connectivity index (χ4v) is 2.07. The lowest BCUT2D eigenvalue weighted by Gasteiger charge is -2.06. The summed E-state index contributed by atoms with van der Waals surface area (Å²) in [5.74, 6) is 0.889. The van der Waals surface area contributed by atoms with Gasteiger partial charge in [-0.2, -0.15) is 0 Å². The summed E-state index contributed by atoms with van der Waals surface area (Å²) in [6.07, 6.45) is 4.48. The predicted molar refractivity (Wildman–Crippen MR) is 79.7 cm³/mol. The van der Waals surface area contributed by atoms with Gasteiger partial charge in [-0.25, -0.2) is 4.98 Å². The Hall–Kier alpha value is -2.55. The van der Waals surface area contributed by atoms with Crippen molar-refractivity contribution < 1.29 is 4.74 Å². The zero-order valence-corrected chi connectivity index (χ0v) is 11.1. The largest absolute Gasteiger partial charge is 0.493 e. The van der Waals surface area contributed by atoms with Crippen LogP contribution >= 0.6 is 0 Å². The minimum atomic E-state index is 0.686. The normalized spacial score (nSPS) is 10.4. The molecule has 1 aromatic heterocycles. The number of nitrogens with zero attached hydrogens (tertiary/aromatic N) is 1. The highest BCUT2D eigenvalue weighted by molar-refractivity contribution is 5.58. The number of aromatic amines is 1. The first-order valence-electron chi connectivity index (χ1n) is 6.68. The van der Waals surface area contributed by atoms with Crippen LogP contribution in [0.3, 0.4) is 0 Å². The lowest BCUT2D eigenvalue weighted by Crippen LogP contribution is -2.00. The second kappa shape index (κ2) is 6.06. The molecule has 0 spiro atoms. The molecule has 100 valence electrons. The highest BCUT2D eigenvalue weighted by Crippen LogP contribution is 2.20. The van der Waals surface area contributed by atoms with Gasteiger partial charge >= 0.3 is 0 Å². The van der Waals surface area contributed by atoms with E-state index >= 15 is 0 Å². The maximum atomic E-state index is 5.75. The number of ether oxygens (including phenoxy) is 1. The predicted octanol–water partition coefficient (Wildman–Crippen LogP) is 3.70. The molecule has 0 atom stereocenters. The molecule has 1 N–H and O–H groups in total. The molecule has 1 heterocycles. The van der Waals surface area contributed by atoms with Crippen LogP contribution in [-0.2, 0) is 6.42 Å². The molecule has 0 aliphatic rings. The molecule has 0 amide bonds. The van der Waals surface area contributed by atoms with E-state index in [1.165, 1.54) is 5.56 Å². The molecule has 0 radical (unpaired) electrons. The van der Waals surface area contributed by atoms with Crippen LogP contribution in [0.1, 0.15) is 5.56 Å². The Bertz CT molecular complexity index is 631. The van der Waals surface area contributed by atoms with Crippen molar-refractivity contribution in [2.75, 3.05) is 6.61 Å². The standard InChI is InChI=1S/C17H16N2O/c1-2-4-14(5-3-1)10-11-20-16-8-6-15(7-9-16)17-12-18-13-19-17/h1-9,12-13H,10-11H2,(H,18,19). The molecule has 3 rings (SSSR count). The summed E-state index contributed by atoms with van der Waals surface area (Å²) in [5.41, 5.74) is 3.32. The molecule has 3 nitrogen and oxygen atoms in total. The van der Waals surface area contributed by atoms with Crippen LogP contribution in [0.5, 0.6) is 5.75 Å². The van der Waals surface area contributed by atoms with E-state index in [0.717, 1.165) is 23.4 Å². The molecule has 3 heteroatoms. The smallest absolute Gasteiger partial charge is 0.119 e. The maximum Gasteiger partial charge on any atom is 0.119 e. The van der Waals surface area contributed by atoms with Crippen LogP contribution in [-0.4, -0.2) is 16.6 Å². The van der Waals surface area contributed by atoms with Gasteiger partial charge in [0.25, 0.3) is 0 Å². The van der Waals surface area contributed by atoms with Crippen LogP contribution in [0.4, 0.5) is 0 Å². The SMILES string of the molecule is c1ccc(CCOc2ccc(-c3c[nH]cn3)cc2)cc1. The van der Waals surface area contributed by atoms with Crippen LogP contribution in [0.25, 0.3) is 11.3 Å². The third-order valence-corrected chi connectivity index (χ3v) is 3.15. The van der Waals surface area contributed by atoms with E-state index in [0.29, 0.717) is 6.61 Å². The lowest BCUT2D eigenvalue weighted by atomic mass is 10.1. The Labute approximate surface area is 118 Å². The first-order chi connectivity index (χ1) is 9.92. The average Bonchev–Trinajstić information content (AvgIpc) is 3.03. The van der Waals surface area contributed by atoms with Crippen molar-refractivity contribution in [3.05, 3.63) is 72.7 Å². The maximum absolute atomic E-state index is 5.75. The fourth-order valence-electron chi connectivity index (χ4n) is 2.07. The molecule has 0 aliphatic heterocycles. The molecule has 3 aromatic rings. The molecular weight excluding hydrogens is 248 g/mol. The summed E-state index contributed by atoms with van der Waals surface area (Å²) in [7, 11) is 0.